The summed E-state index contributed by atoms with van der Waals surface area (Å²) >= 11 is 5.32. The summed E-state index contributed by atoms with van der Waals surface area (Å²) in [6, 6.07) is 1.74. The molecular formula is C12H23N2O3PPbS. The molecule has 20 heavy (non-hydrogen) atoms. The van der Waals surface area contributed by atoms with Crippen LogP contribution < -0.4 is 4.52 Å². The Morgan fingerprint density at radius 1 is 1.20 bits per heavy atom. The van der Waals surface area contributed by atoms with E-state index in [1.165, 1.54) is 0 Å². The van der Waals surface area contributed by atoms with E-state index in [1.54, 1.807) is 6.07 Å². The van der Waals surface area contributed by atoms with Crippen molar-refractivity contribution in [1.29, 1.82) is 0 Å². The maximum atomic E-state index is 5.68. The van der Waals surface area contributed by atoms with Crippen LogP contribution in [0.15, 0.2) is 6.07 Å². The summed E-state index contributed by atoms with van der Waals surface area (Å²) in [4.78, 5) is 8.71. The van der Waals surface area contributed by atoms with Gasteiger partial charge in [0.05, 0.1) is 13.2 Å². The zero-order valence-electron chi connectivity index (χ0n) is 12.8. The van der Waals surface area contributed by atoms with E-state index in [2.05, 4.69) is 9.97 Å². The zero-order valence-corrected chi connectivity index (χ0v) is 20.0. The molecule has 0 saturated carbocycles. The van der Waals surface area contributed by atoms with Crippen LogP contribution in [0.25, 0.3) is 0 Å². The normalized spacial score (nSPS) is 11.3. The molecule has 5 nitrogen and oxygen atoms in total. The second-order valence-corrected chi connectivity index (χ2v) is 7.17. The molecule has 0 bridgehead atoms. The minimum absolute atomic E-state index is 0. The van der Waals surface area contributed by atoms with Crippen molar-refractivity contribution >= 4 is 45.8 Å². The fourth-order valence-electron chi connectivity index (χ4n) is 1.39. The third kappa shape index (κ3) is 6.43. The van der Waals surface area contributed by atoms with Crippen molar-refractivity contribution in [2.24, 2.45) is 0 Å². The Morgan fingerprint density at radius 2 is 1.75 bits per heavy atom. The molecule has 2 radical (unpaired) electrons. The number of aromatic nitrogens is 2. The molecule has 0 aromatic carbocycles. The van der Waals surface area contributed by atoms with Crippen molar-refractivity contribution < 1.29 is 13.6 Å². The van der Waals surface area contributed by atoms with Crippen LogP contribution in [0, 0.1) is 6.92 Å². The van der Waals surface area contributed by atoms with Crippen molar-refractivity contribution in [3.05, 3.63) is 17.6 Å². The molecule has 0 amide bonds. The predicted molar refractivity (Wildman–Crippen MR) is 87.6 cm³/mol. The summed E-state index contributed by atoms with van der Waals surface area (Å²) in [7, 11) is 0. The van der Waals surface area contributed by atoms with Gasteiger partial charge >= 0.3 is 34.0 Å². The maximum absolute atomic E-state index is 5.68. The molecule has 1 rings (SSSR count). The van der Waals surface area contributed by atoms with Crippen molar-refractivity contribution in [3.63, 3.8) is 0 Å². The van der Waals surface area contributed by atoms with Crippen molar-refractivity contribution in [2.75, 3.05) is 13.2 Å². The van der Waals surface area contributed by atoms with E-state index in [9.17, 15) is 0 Å². The van der Waals surface area contributed by atoms with Gasteiger partial charge in [-0.3, -0.25) is 9.05 Å². The van der Waals surface area contributed by atoms with E-state index in [4.69, 9.17) is 25.4 Å². The van der Waals surface area contributed by atoms with Gasteiger partial charge in [0, 0.05) is 29.5 Å². The second kappa shape index (κ2) is 9.40. The molecular weight excluding hydrogens is 490 g/mol. The van der Waals surface area contributed by atoms with Crippen LogP contribution in [-0.4, -0.2) is 50.5 Å². The topological polar surface area (TPSA) is 53.5 Å². The first-order valence-corrected chi connectivity index (χ1v) is 8.90. The average Bonchev–Trinajstić information content (AvgIpc) is 2.28. The molecule has 8 heteroatoms. The monoisotopic (exact) mass is 514 g/mol. The molecule has 0 saturated heterocycles. The summed E-state index contributed by atoms with van der Waals surface area (Å²) in [5, 5.41) is 0. The third-order valence-corrected chi connectivity index (χ3v) is 4.56. The number of hydrogen-bond donors (Lipinski definition) is 0. The molecule has 0 atom stereocenters. The van der Waals surface area contributed by atoms with E-state index in [1.807, 2.05) is 34.6 Å². The van der Waals surface area contributed by atoms with Gasteiger partial charge in [0.1, 0.15) is 5.82 Å². The van der Waals surface area contributed by atoms with E-state index in [0.29, 0.717) is 19.1 Å². The van der Waals surface area contributed by atoms with Crippen LogP contribution in [0.5, 0.6) is 5.88 Å². The van der Waals surface area contributed by atoms with Crippen LogP contribution in [0.4, 0.5) is 0 Å². The van der Waals surface area contributed by atoms with Crippen LogP contribution in [-0.2, 0) is 20.9 Å². The van der Waals surface area contributed by atoms with Crippen LogP contribution in [0.2, 0.25) is 0 Å². The fourth-order valence-corrected chi connectivity index (χ4v) is 3.38. The summed E-state index contributed by atoms with van der Waals surface area (Å²) in [5.41, 5.74) is 0.836. The molecule has 114 valence electrons. The number of aryl methyl sites for hydroxylation is 1. The SMILES string of the molecule is CCOP(=S)(OCC)Oc1cc(C)nc(C(C)C)n1.[PbH2]. The van der Waals surface area contributed by atoms with Gasteiger partial charge in [-0.1, -0.05) is 13.8 Å². The van der Waals surface area contributed by atoms with Gasteiger partial charge in [0.25, 0.3) is 0 Å². The summed E-state index contributed by atoms with van der Waals surface area (Å²) < 4.78 is 16.6. The van der Waals surface area contributed by atoms with Crippen LogP contribution in [0.3, 0.4) is 0 Å². The molecule has 0 N–H and O–H groups in total. The van der Waals surface area contributed by atoms with E-state index >= 15 is 0 Å². The second-order valence-electron chi connectivity index (χ2n) is 4.23. The van der Waals surface area contributed by atoms with Gasteiger partial charge in [-0.25, -0.2) is 4.98 Å². The molecule has 0 aliphatic carbocycles. The molecule has 0 fully saturated rings. The molecule has 1 aromatic heterocycles. The summed E-state index contributed by atoms with van der Waals surface area (Å²) in [6.07, 6.45) is 0. The average molecular weight is 514 g/mol. The van der Waals surface area contributed by atoms with E-state index in [0.717, 1.165) is 11.5 Å². The molecule has 0 aliphatic rings. The van der Waals surface area contributed by atoms with Gasteiger partial charge in [-0.05, 0) is 20.8 Å². The van der Waals surface area contributed by atoms with Gasteiger partial charge in [0.15, 0.2) is 0 Å². The standard InChI is InChI=1S/C12H21N2O3PS.Pb.2H/c1-6-15-18(19,16-7-2)17-11-8-10(5)13-12(14-11)9(3)4;;;/h8-9H,6-7H2,1-5H3;;;. The first-order chi connectivity index (χ1) is 8.90. The Hall–Kier alpha value is 0.372. The predicted octanol–water partition coefficient (Wildman–Crippen LogP) is 2.67. The van der Waals surface area contributed by atoms with Crippen molar-refractivity contribution in [3.8, 4) is 5.88 Å². The van der Waals surface area contributed by atoms with Gasteiger partial charge < -0.3 is 4.52 Å². The Balaban J connectivity index is 0.00000361. The van der Waals surface area contributed by atoms with Crippen LogP contribution >= 0.6 is 6.72 Å². The zero-order chi connectivity index (χ0) is 14.5. The van der Waals surface area contributed by atoms with E-state index in [-0.39, 0.29) is 33.2 Å². The van der Waals surface area contributed by atoms with Crippen molar-refractivity contribution in [1.82, 2.24) is 9.97 Å². The quantitative estimate of drug-likeness (QED) is 0.413. The molecule has 1 heterocycles. The van der Waals surface area contributed by atoms with E-state index < -0.39 is 6.72 Å². The van der Waals surface area contributed by atoms with Crippen molar-refractivity contribution in [2.45, 2.75) is 40.5 Å². The molecule has 0 spiro atoms. The summed E-state index contributed by atoms with van der Waals surface area (Å²) in [5.74, 6) is 1.37. The number of hydrogen-bond acceptors (Lipinski definition) is 6. The number of rotatable bonds is 7. The fraction of sp³-hybridized carbons (Fsp3) is 0.667. The Morgan fingerprint density at radius 3 is 2.20 bits per heavy atom. The minimum atomic E-state index is -2.77. The Labute approximate surface area is 146 Å². The first kappa shape index (κ1) is 20.4. The Bertz CT molecular complexity index is 464. The molecule has 0 unspecified atom stereocenters. The first-order valence-electron chi connectivity index (χ1n) is 6.34. The number of nitrogens with zero attached hydrogens (tertiary/aromatic N) is 2. The van der Waals surface area contributed by atoms with Gasteiger partial charge in [-0.15, -0.1) is 0 Å². The molecule has 1 aromatic rings. The third-order valence-electron chi connectivity index (χ3n) is 2.14. The van der Waals surface area contributed by atoms with Crippen LogP contribution in [0.1, 0.15) is 45.1 Å². The molecule has 0 aliphatic heterocycles. The van der Waals surface area contributed by atoms with Gasteiger partial charge in [0.2, 0.25) is 5.88 Å². The summed E-state index contributed by atoms with van der Waals surface area (Å²) in [6.45, 7) is 7.78. The Kier molecular flexibility index (Phi) is 9.58. The van der Waals surface area contributed by atoms with Gasteiger partial charge in [-0.2, -0.15) is 4.98 Å².